The summed E-state index contributed by atoms with van der Waals surface area (Å²) in [4.78, 5) is 14.2. The Balaban J connectivity index is 0.000000491. The molecule has 0 saturated heterocycles. The van der Waals surface area contributed by atoms with Crippen LogP contribution >= 0.6 is 11.3 Å². The molecular formula is C34H30N4O2S2. The van der Waals surface area contributed by atoms with Crippen LogP contribution in [0.2, 0.25) is 0 Å². The average Bonchev–Trinajstić information content (AvgIpc) is 3.69. The number of hydrogen-bond acceptors (Lipinski definition) is 7. The van der Waals surface area contributed by atoms with Crippen LogP contribution < -0.4 is 5.73 Å². The summed E-state index contributed by atoms with van der Waals surface area (Å²) in [5.41, 5.74) is 30.7. The Morgan fingerprint density at radius 2 is 1.55 bits per heavy atom. The standard InChI is InChI=1S/C19H18N4O2S2.C8H4.C5H4.C2H4/c1-2-3-9-27(24)19-15(20)14-16(12-7-5-4-6-8-12)22-17(23-18(14)26-19)13-10-25-11-21-13;1-3-5-7-8-6-4-2;1-3-5-4-2;1-2/h4-8,10-11H,2-3,9,20H2,1H3;1-2H2;1-2H2;1-2H2. The molecule has 0 bridgehead atoms. The topological polar surface area (TPSA) is 94.9 Å². The Morgan fingerprint density at radius 3 is 2.05 bits per heavy atom. The van der Waals surface area contributed by atoms with Gasteiger partial charge in [0.1, 0.15) is 21.0 Å². The zero-order valence-electron chi connectivity index (χ0n) is 23.5. The van der Waals surface area contributed by atoms with Gasteiger partial charge in [-0.15, -0.1) is 24.5 Å². The van der Waals surface area contributed by atoms with Crippen LogP contribution in [-0.2, 0) is 10.8 Å². The molecule has 0 aliphatic heterocycles. The molecule has 1 unspecified atom stereocenters. The van der Waals surface area contributed by atoms with Crippen molar-refractivity contribution >= 4 is 38.0 Å². The van der Waals surface area contributed by atoms with Crippen LogP contribution in [0.25, 0.3) is 33.0 Å². The number of benzene rings is 1. The molecule has 42 heavy (non-hydrogen) atoms. The lowest BCUT2D eigenvalue weighted by Gasteiger charge is -2.06. The van der Waals surface area contributed by atoms with E-state index in [9.17, 15) is 4.21 Å². The number of oxazole rings is 1. The van der Waals surface area contributed by atoms with Crippen molar-refractivity contribution in [1.29, 1.82) is 0 Å². The maximum atomic E-state index is 12.7. The first-order chi connectivity index (χ1) is 20.5. The second-order valence-corrected chi connectivity index (χ2v) is 10.1. The normalized spacial score (nSPS) is 9.17. The van der Waals surface area contributed by atoms with Gasteiger partial charge in [-0.05, 0) is 61.4 Å². The minimum Gasteiger partial charge on any atom is -0.451 e. The van der Waals surface area contributed by atoms with Gasteiger partial charge in [0.25, 0.3) is 0 Å². The molecule has 210 valence electrons. The molecule has 3 heterocycles. The van der Waals surface area contributed by atoms with Crippen LogP contribution in [0.5, 0.6) is 0 Å². The number of thiophene rings is 1. The Labute approximate surface area is 253 Å². The van der Waals surface area contributed by atoms with E-state index >= 15 is 0 Å². The van der Waals surface area contributed by atoms with Crippen LogP contribution in [-0.4, -0.2) is 24.9 Å². The predicted octanol–water partition coefficient (Wildman–Crippen LogP) is 8.31. The van der Waals surface area contributed by atoms with Crippen molar-refractivity contribution < 1.29 is 8.63 Å². The second-order valence-electron chi connectivity index (χ2n) is 7.35. The fourth-order valence-corrected chi connectivity index (χ4v) is 5.77. The minimum atomic E-state index is -1.14. The van der Waals surface area contributed by atoms with Gasteiger partial charge in [-0.2, -0.15) is 0 Å². The molecule has 0 spiro atoms. The number of aromatic nitrogens is 3. The van der Waals surface area contributed by atoms with Gasteiger partial charge in [0.15, 0.2) is 12.2 Å². The largest absolute Gasteiger partial charge is 0.451 e. The summed E-state index contributed by atoms with van der Waals surface area (Å²) in [6, 6.07) is 9.78. The van der Waals surface area contributed by atoms with Crippen molar-refractivity contribution in [2.75, 3.05) is 11.5 Å². The summed E-state index contributed by atoms with van der Waals surface area (Å²) in [6.45, 7) is 21.0. The second kappa shape index (κ2) is 20.5. The van der Waals surface area contributed by atoms with Gasteiger partial charge >= 0.3 is 0 Å². The highest BCUT2D eigenvalue weighted by molar-refractivity contribution is 7.87. The molecule has 1 atom stereocenters. The number of rotatable bonds is 6. The molecule has 6 nitrogen and oxygen atoms in total. The Kier molecular flexibility index (Phi) is 17.0. The maximum absolute atomic E-state index is 12.7. The average molecular weight is 591 g/mol. The monoisotopic (exact) mass is 590 g/mol. The van der Waals surface area contributed by atoms with Crippen molar-refractivity contribution in [2.24, 2.45) is 0 Å². The highest BCUT2D eigenvalue weighted by Gasteiger charge is 2.22. The first-order valence-electron chi connectivity index (χ1n) is 12.3. The van der Waals surface area contributed by atoms with E-state index in [1.54, 1.807) is 0 Å². The summed E-state index contributed by atoms with van der Waals surface area (Å²) < 4.78 is 18.5. The molecule has 0 aliphatic carbocycles. The lowest BCUT2D eigenvalue weighted by Crippen LogP contribution is -1.99. The number of anilines is 1. The summed E-state index contributed by atoms with van der Waals surface area (Å²) in [7, 11) is -1.14. The van der Waals surface area contributed by atoms with Crippen molar-refractivity contribution in [3.8, 4) is 22.8 Å². The fourth-order valence-electron chi connectivity index (χ4n) is 2.99. The van der Waals surface area contributed by atoms with Gasteiger partial charge < -0.3 is 10.2 Å². The molecule has 0 aliphatic rings. The summed E-state index contributed by atoms with van der Waals surface area (Å²) >= 11 is 1.37. The molecule has 4 aromatic rings. The Hall–Kier alpha value is -5.34. The third kappa shape index (κ3) is 10.7. The number of nitrogen functional groups attached to an aromatic ring is 1. The van der Waals surface area contributed by atoms with E-state index in [1.807, 2.05) is 30.3 Å². The van der Waals surface area contributed by atoms with E-state index in [2.05, 4.69) is 108 Å². The van der Waals surface area contributed by atoms with Gasteiger partial charge in [0.2, 0.25) is 0 Å². The van der Waals surface area contributed by atoms with Crippen molar-refractivity contribution in [3.05, 3.63) is 134 Å². The van der Waals surface area contributed by atoms with Crippen LogP contribution in [0.1, 0.15) is 19.8 Å². The summed E-state index contributed by atoms with van der Waals surface area (Å²) in [5.74, 6) is 1.06. The molecular weight excluding hydrogens is 561 g/mol. The molecule has 8 heteroatoms. The maximum Gasteiger partial charge on any atom is 0.183 e. The molecule has 1 aromatic carbocycles. The smallest absolute Gasteiger partial charge is 0.183 e. The van der Waals surface area contributed by atoms with Crippen LogP contribution in [0, 0.1) is 0 Å². The van der Waals surface area contributed by atoms with E-state index in [0.717, 1.165) is 23.8 Å². The lowest BCUT2D eigenvalue weighted by atomic mass is 10.1. The van der Waals surface area contributed by atoms with Crippen molar-refractivity contribution in [1.82, 2.24) is 15.0 Å². The highest BCUT2D eigenvalue weighted by Crippen LogP contribution is 2.41. The molecule has 4 rings (SSSR count). The molecule has 0 saturated carbocycles. The minimum absolute atomic E-state index is 0.460. The van der Waals surface area contributed by atoms with E-state index < -0.39 is 10.8 Å². The number of nitrogens with zero attached hydrogens (tertiary/aromatic N) is 3. The van der Waals surface area contributed by atoms with Gasteiger partial charge in [-0.25, -0.2) is 15.0 Å². The van der Waals surface area contributed by atoms with Gasteiger partial charge in [0, 0.05) is 11.3 Å². The number of nitrogens with two attached hydrogens (primary N) is 1. The predicted molar refractivity (Wildman–Crippen MR) is 174 cm³/mol. The van der Waals surface area contributed by atoms with E-state index in [4.69, 9.17) is 15.1 Å². The number of fused-ring (bicyclic) bond motifs is 1. The Morgan fingerprint density at radius 1 is 0.929 bits per heavy atom. The third-order valence-corrected chi connectivity index (χ3v) is 7.69. The van der Waals surface area contributed by atoms with Crippen molar-refractivity contribution in [3.63, 3.8) is 0 Å². The van der Waals surface area contributed by atoms with E-state index in [0.29, 0.717) is 37.7 Å². The first-order valence-corrected chi connectivity index (χ1v) is 14.4. The van der Waals surface area contributed by atoms with Gasteiger partial charge in [-0.1, -0.05) is 66.6 Å². The zero-order chi connectivity index (χ0) is 31.2. The zero-order valence-corrected chi connectivity index (χ0v) is 25.1. The molecule has 0 fully saturated rings. The highest BCUT2D eigenvalue weighted by atomic mass is 32.2. The number of hydrogen-bond donors (Lipinski definition) is 1. The summed E-state index contributed by atoms with van der Waals surface area (Å²) in [5, 5.41) is 0.748. The molecule has 3 aromatic heterocycles. The number of unbranched alkanes of at least 4 members (excludes halogenated alkanes) is 1. The van der Waals surface area contributed by atoms with Gasteiger partial charge in [-0.3, -0.25) is 4.21 Å². The quantitative estimate of drug-likeness (QED) is 0.179. The third-order valence-electron chi connectivity index (χ3n) is 4.69. The molecule has 0 radical (unpaired) electrons. The van der Waals surface area contributed by atoms with Gasteiger partial charge in [0.05, 0.1) is 27.6 Å². The van der Waals surface area contributed by atoms with E-state index in [1.165, 1.54) is 24.0 Å². The lowest BCUT2D eigenvalue weighted by molar-refractivity contribution is 0.558. The van der Waals surface area contributed by atoms with Crippen molar-refractivity contribution in [2.45, 2.75) is 24.0 Å². The van der Waals surface area contributed by atoms with E-state index in [-0.39, 0.29) is 0 Å². The van der Waals surface area contributed by atoms with Crippen LogP contribution in [0.4, 0.5) is 5.69 Å². The van der Waals surface area contributed by atoms with Crippen LogP contribution in [0.3, 0.4) is 0 Å². The molecule has 2 N–H and O–H groups in total. The SMILES string of the molecule is C=C.C=C=C=C=C.C=C=C=C=C=C=C=C.CCCCS(=O)c1sc2nc(-c3cocn3)nc(-c3ccccc3)c2c1N. The fraction of sp³-hybridized carbons (Fsp3) is 0.118. The Bertz CT molecular complexity index is 1780. The van der Waals surface area contributed by atoms with Crippen LogP contribution in [0.15, 0.2) is 143 Å². The first kappa shape index (κ1) is 34.7. The molecule has 0 amide bonds. The summed E-state index contributed by atoms with van der Waals surface area (Å²) in [6.07, 6.45) is 4.73.